The Bertz CT molecular complexity index is 679. The maximum absolute atomic E-state index is 5.88. The lowest BCUT2D eigenvalue weighted by Gasteiger charge is -2.02. The predicted molar refractivity (Wildman–Crippen MR) is 83.3 cm³/mol. The molecule has 0 saturated carbocycles. The first-order valence-electron chi connectivity index (χ1n) is 6.19. The summed E-state index contributed by atoms with van der Waals surface area (Å²) in [6, 6.07) is 17.4. The van der Waals surface area contributed by atoms with E-state index in [1.54, 1.807) is 11.3 Å². The highest BCUT2D eigenvalue weighted by molar-refractivity contribution is 7.09. The van der Waals surface area contributed by atoms with Gasteiger partial charge < -0.3 is 4.74 Å². The molecule has 0 aliphatic carbocycles. The summed E-state index contributed by atoms with van der Waals surface area (Å²) in [6.45, 7) is 0.488. The van der Waals surface area contributed by atoms with E-state index >= 15 is 0 Å². The first-order chi connectivity index (χ1) is 9.81. The molecular formula is C16H12ClNOS. The molecule has 0 bridgehead atoms. The van der Waals surface area contributed by atoms with Gasteiger partial charge in [0, 0.05) is 16.0 Å². The van der Waals surface area contributed by atoms with Crippen LogP contribution < -0.4 is 4.74 Å². The molecule has 0 unspecified atom stereocenters. The van der Waals surface area contributed by atoms with Gasteiger partial charge in [-0.15, -0.1) is 11.3 Å². The van der Waals surface area contributed by atoms with Crippen LogP contribution in [0.4, 0.5) is 0 Å². The quantitative estimate of drug-likeness (QED) is 0.673. The van der Waals surface area contributed by atoms with Crippen LogP contribution in [0.15, 0.2) is 60.0 Å². The van der Waals surface area contributed by atoms with Gasteiger partial charge in [0.05, 0.1) is 5.69 Å². The lowest BCUT2D eigenvalue weighted by molar-refractivity contribution is 0.305. The fourth-order valence-electron chi connectivity index (χ4n) is 1.79. The lowest BCUT2D eigenvalue weighted by atomic mass is 10.2. The van der Waals surface area contributed by atoms with E-state index in [9.17, 15) is 0 Å². The minimum Gasteiger partial charge on any atom is -0.486 e. The third-order valence-electron chi connectivity index (χ3n) is 2.80. The molecule has 20 heavy (non-hydrogen) atoms. The Labute approximate surface area is 126 Å². The molecule has 100 valence electrons. The number of para-hydroxylation sites is 1. The van der Waals surface area contributed by atoms with Crippen molar-refractivity contribution < 1.29 is 4.74 Å². The number of nitrogens with zero attached hydrogens (tertiary/aromatic N) is 1. The average molecular weight is 302 g/mol. The molecule has 0 saturated heterocycles. The lowest BCUT2D eigenvalue weighted by Crippen LogP contribution is -1.94. The van der Waals surface area contributed by atoms with Gasteiger partial charge in [-0.05, 0) is 24.3 Å². The minimum absolute atomic E-state index is 0.488. The fraction of sp³-hybridized carbons (Fsp3) is 0.0625. The van der Waals surface area contributed by atoms with Gasteiger partial charge in [-0.2, -0.15) is 0 Å². The highest BCUT2D eigenvalue weighted by Crippen LogP contribution is 2.24. The topological polar surface area (TPSA) is 22.1 Å². The Hall–Kier alpha value is -1.84. The Morgan fingerprint density at radius 2 is 1.75 bits per heavy atom. The summed E-state index contributed by atoms with van der Waals surface area (Å²) in [7, 11) is 0. The number of benzene rings is 2. The van der Waals surface area contributed by atoms with Crippen LogP contribution in [-0.2, 0) is 6.61 Å². The normalized spacial score (nSPS) is 10.4. The zero-order valence-electron chi connectivity index (χ0n) is 10.6. The van der Waals surface area contributed by atoms with Gasteiger partial charge in [0.15, 0.2) is 0 Å². The van der Waals surface area contributed by atoms with Crippen molar-refractivity contribution in [2.75, 3.05) is 0 Å². The van der Waals surface area contributed by atoms with Gasteiger partial charge in [-0.1, -0.05) is 41.9 Å². The second-order valence-corrected chi connectivity index (χ2v) is 5.61. The number of thiazole rings is 1. The van der Waals surface area contributed by atoms with Gasteiger partial charge >= 0.3 is 0 Å². The Balaban J connectivity index is 1.69. The molecule has 0 N–H and O–H groups in total. The Morgan fingerprint density at radius 1 is 1.00 bits per heavy atom. The van der Waals surface area contributed by atoms with Gasteiger partial charge in [-0.25, -0.2) is 4.98 Å². The van der Waals surface area contributed by atoms with E-state index in [-0.39, 0.29) is 0 Å². The number of hydrogen-bond donors (Lipinski definition) is 0. The minimum atomic E-state index is 0.488. The summed E-state index contributed by atoms with van der Waals surface area (Å²) < 4.78 is 5.69. The zero-order chi connectivity index (χ0) is 13.8. The number of ether oxygens (including phenoxy) is 1. The summed E-state index contributed by atoms with van der Waals surface area (Å²) in [4.78, 5) is 4.58. The fourth-order valence-corrected chi connectivity index (χ4v) is 2.63. The van der Waals surface area contributed by atoms with E-state index in [2.05, 4.69) is 4.98 Å². The van der Waals surface area contributed by atoms with Crippen molar-refractivity contribution in [3.8, 4) is 17.0 Å². The van der Waals surface area contributed by atoms with Crippen LogP contribution in [-0.4, -0.2) is 4.98 Å². The number of rotatable bonds is 4. The van der Waals surface area contributed by atoms with Crippen molar-refractivity contribution in [3.63, 3.8) is 0 Å². The maximum Gasteiger partial charge on any atom is 0.140 e. The second kappa shape index (κ2) is 6.07. The van der Waals surface area contributed by atoms with Crippen molar-refractivity contribution >= 4 is 22.9 Å². The van der Waals surface area contributed by atoms with Crippen LogP contribution in [0.25, 0.3) is 11.3 Å². The van der Waals surface area contributed by atoms with Crippen molar-refractivity contribution in [1.29, 1.82) is 0 Å². The molecule has 0 aliphatic rings. The summed E-state index contributed by atoms with van der Waals surface area (Å²) in [6.07, 6.45) is 0. The maximum atomic E-state index is 5.88. The van der Waals surface area contributed by atoms with Crippen molar-refractivity contribution in [3.05, 3.63) is 70.0 Å². The number of halogens is 1. The zero-order valence-corrected chi connectivity index (χ0v) is 12.2. The van der Waals surface area contributed by atoms with E-state index in [0.29, 0.717) is 6.61 Å². The van der Waals surface area contributed by atoms with E-state index in [1.165, 1.54) is 0 Å². The van der Waals surface area contributed by atoms with E-state index in [0.717, 1.165) is 27.0 Å². The standard InChI is InChI=1S/C16H12ClNOS/c17-13-8-6-12(7-9-13)15-11-20-16(18-15)10-19-14-4-2-1-3-5-14/h1-9,11H,10H2. The third kappa shape index (κ3) is 3.18. The predicted octanol–water partition coefficient (Wildman–Crippen LogP) is 5.04. The van der Waals surface area contributed by atoms with Crippen molar-refractivity contribution in [2.45, 2.75) is 6.61 Å². The molecule has 3 rings (SSSR count). The molecule has 2 nitrogen and oxygen atoms in total. The highest BCUT2D eigenvalue weighted by atomic mass is 35.5. The smallest absolute Gasteiger partial charge is 0.140 e. The Kier molecular flexibility index (Phi) is 4.00. The van der Waals surface area contributed by atoms with Crippen LogP contribution in [0.2, 0.25) is 5.02 Å². The average Bonchev–Trinajstić information content (AvgIpc) is 2.96. The second-order valence-electron chi connectivity index (χ2n) is 4.24. The molecule has 2 aromatic carbocycles. The molecule has 0 atom stereocenters. The third-order valence-corrected chi connectivity index (χ3v) is 3.87. The van der Waals surface area contributed by atoms with E-state index in [1.807, 2.05) is 60.0 Å². The van der Waals surface area contributed by atoms with Gasteiger partial charge in [0.2, 0.25) is 0 Å². The SMILES string of the molecule is Clc1ccc(-c2csc(COc3ccccc3)n2)cc1. The molecule has 0 radical (unpaired) electrons. The molecule has 0 aliphatic heterocycles. The first-order valence-corrected chi connectivity index (χ1v) is 7.45. The van der Waals surface area contributed by atoms with Crippen molar-refractivity contribution in [1.82, 2.24) is 4.98 Å². The molecular weight excluding hydrogens is 290 g/mol. The highest BCUT2D eigenvalue weighted by Gasteiger charge is 2.05. The van der Waals surface area contributed by atoms with Crippen molar-refractivity contribution in [2.24, 2.45) is 0 Å². The molecule has 1 heterocycles. The molecule has 0 amide bonds. The molecule has 3 aromatic rings. The monoisotopic (exact) mass is 301 g/mol. The van der Waals surface area contributed by atoms with E-state index < -0.39 is 0 Å². The van der Waals surface area contributed by atoms with E-state index in [4.69, 9.17) is 16.3 Å². The van der Waals surface area contributed by atoms with Gasteiger partial charge in [0.1, 0.15) is 17.4 Å². The molecule has 1 aromatic heterocycles. The van der Waals surface area contributed by atoms with Crippen LogP contribution in [0.5, 0.6) is 5.75 Å². The molecule has 4 heteroatoms. The van der Waals surface area contributed by atoms with Crippen LogP contribution in [0, 0.1) is 0 Å². The summed E-state index contributed by atoms with van der Waals surface area (Å²) >= 11 is 7.48. The van der Waals surface area contributed by atoms with Gasteiger partial charge in [0.25, 0.3) is 0 Å². The van der Waals surface area contributed by atoms with Crippen LogP contribution in [0.3, 0.4) is 0 Å². The molecule has 0 spiro atoms. The largest absolute Gasteiger partial charge is 0.486 e. The summed E-state index contributed by atoms with van der Waals surface area (Å²) in [5, 5.41) is 3.72. The van der Waals surface area contributed by atoms with Gasteiger partial charge in [-0.3, -0.25) is 0 Å². The first kappa shape index (κ1) is 13.2. The van der Waals surface area contributed by atoms with Crippen LogP contribution in [0.1, 0.15) is 5.01 Å². The Morgan fingerprint density at radius 3 is 2.50 bits per heavy atom. The summed E-state index contributed by atoms with van der Waals surface area (Å²) in [5.41, 5.74) is 2.02. The molecule has 0 fully saturated rings. The number of hydrogen-bond acceptors (Lipinski definition) is 3. The summed E-state index contributed by atoms with van der Waals surface area (Å²) in [5.74, 6) is 0.857. The van der Waals surface area contributed by atoms with Crippen LogP contribution >= 0.6 is 22.9 Å². The number of aromatic nitrogens is 1.